The molecule has 4 heteroatoms. The molecule has 0 radical (unpaired) electrons. The van der Waals surface area contributed by atoms with Crippen LogP contribution in [0.1, 0.15) is 25.3 Å². The fourth-order valence-electron chi connectivity index (χ4n) is 1.39. The summed E-state index contributed by atoms with van der Waals surface area (Å²) in [6, 6.07) is 7.87. The Bertz CT molecular complexity index is 323. The van der Waals surface area contributed by atoms with Crippen molar-refractivity contribution in [2.24, 2.45) is 4.99 Å². The van der Waals surface area contributed by atoms with Gasteiger partial charge in [-0.3, -0.25) is 10.7 Å². The van der Waals surface area contributed by atoms with Gasteiger partial charge >= 0.3 is 0 Å². The van der Waals surface area contributed by atoms with Gasteiger partial charge in [-0.2, -0.15) is 0 Å². The van der Waals surface area contributed by atoms with Crippen LogP contribution in [0.4, 0.5) is 5.69 Å². The molecule has 94 valence electrons. The smallest absolute Gasteiger partial charge is 0.113 e. The molecule has 0 bridgehead atoms. The van der Waals surface area contributed by atoms with Crippen molar-refractivity contribution in [3.8, 4) is 0 Å². The standard InChI is InChI=1S/C13H20N2O2/c1-2-3-9-17-10-8-12-4-6-13(7-5-12)14-11-15-16/h4-7,11,16H,2-3,8-10H2,1H3,(H,14,15). The van der Waals surface area contributed by atoms with Gasteiger partial charge < -0.3 is 4.74 Å². The Labute approximate surface area is 102 Å². The van der Waals surface area contributed by atoms with Gasteiger partial charge in [-0.15, -0.1) is 0 Å². The fourth-order valence-corrected chi connectivity index (χ4v) is 1.39. The van der Waals surface area contributed by atoms with Gasteiger partial charge in [0.25, 0.3) is 0 Å². The van der Waals surface area contributed by atoms with E-state index in [1.165, 1.54) is 18.3 Å². The van der Waals surface area contributed by atoms with Crippen molar-refractivity contribution in [3.05, 3.63) is 29.8 Å². The molecule has 17 heavy (non-hydrogen) atoms. The summed E-state index contributed by atoms with van der Waals surface area (Å²) >= 11 is 0. The minimum Gasteiger partial charge on any atom is -0.381 e. The highest BCUT2D eigenvalue weighted by Gasteiger charge is 1.94. The van der Waals surface area contributed by atoms with Crippen molar-refractivity contribution in [3.63, 3.8) is 0 Å². The molecule has 0 unspecified atom stereocenters. The van der Waals surface area contributed by atoms with E-state index < -0.39 is 0 Å². The van der Waals surface area contributed by atoms with Crippen LogP contribution in [0, 0.1) is 0 Å². The van der Waals surface area contributed by atoms with Gasteiger partial charge in [-0.05, 0) is 30.5 Å². The quantitative estimate of drug-likeness (QED) is 0.316. The predicted octanol–water partition coefficient (Wildman–Crippen LogP) is 2.68. The van der Waals surface area contributed by atoms with Gasteiger partial charge in [0.1, 0.15) is 6.34 Å². The molecular formula is C13H20N2O2. The number of nitrogens with one attached hydrogen (secondary N) is 1. The first-order valence-corrected chi connectivity index (χ1v) is 5.95. The number of hydroxylamine groups is 1. The Morgan fingerprint density at radius 3 is 2.71 bits per heavy atom. The second kappa shape index (κ2) is 8.73. The van der Waals surface area contributed by atoms with Crippen molar-refractivity contribution in [1.82, 2.24) is 5.48 Å². The lowest BCUT2D eigenvalue weighted by Gasteiger charge is -2.03. The molecule has 0 atom stereocenters. The fraction of sp³-hybridized carbons (Fsp3) is 0.462. The molecule has 1 aromatic carbocycles. The van der Waals surface area contributed by atoms with Crippen LogP contribution in [0.5, 0.6) is 0 Å². The zero-order valence-electron chi connectivity index (χ0n) is 10.2. The number of benzene rings is 1. The molecule has 1 aromatic rings. The highest BCUT2D eigenvalue weighted by atomic mass is 16.5. The average molecular weight is 236 g/mol. The zero-order valence-corrected chi connectivity index (χ0v) is 10.2. The Kier molecular flexibility index (Phi) is 7.02. The molecule has 4 nitrogen and oxygen atoms in total. The number of hydrogen-bond acceptors (Lipinski definition) is 3. The van der Waals surface area contributed by atoms with E-state index in [2.05, 4.69) is 11.9 Å². The average Bonchev–Trinajstić information content (AvgIpc) is 2.37. The van der Waals surface area contributed by atoms with Gasteiger partial charge in [0, 0.05) is 6.61 Å². The van der Waals surface area contributed by atoms with Crippen LogP contribution in [-0.4, -0.2) is 24.8 Å². The van der Waals surface area contributed by atoms with E-state index in [9.17, 15) is 0 Å². The number of nitrogens with zero attached hydrogens (tertiary/aromatic N) is 1. The molecule has 0 amide bonds. The number of rotatable bonds is 8. The predicted molar refractivity (Wildman–Crippen MR) is 68.9 cm³/mol. The second-order valence-corrected chi connectivity index (χ2v) is 3.77. The summed E-state index contributed by atoms with van der Waals surface area (Å²) in [4.78, 5) is 3.97. The molecular weight excluding hydrogens is 216 g/mol. The van der Waals surface area contributed by atoms with E-state index in [0.29, 0.717) is 0 Å². The monoisotopic (exact) mass is 236 g/mol. The minimum atomic E-state index is 0.765. The maximum absolute atomic E-state index is 8.35. The molecule has 0 aliphatic heterocycles. The molecule has 0 fully saturated rings. The van der Waals surface area contributed by atoms with Crippen molar-refractivity contribution in [1.29, 1.82) is 0 Å². The van der Waals surface area contributed by atoms with Gasteiger partial charge in [0.2, 0.25) is 0 Å². The molecule has 0 heterocycles. The summed E-state index contributed by atoms with van der Waals surface area (Å²) in [6.45, 7) is 3.77. The van der Waals surface area contributed by atoms with Gasteiger partial charge in [-0.25, -0.2) is 4.99 Å². The maximum Gasteiger partial charge on any atom is 0.113 e. The van der Waals surface area contributed by atoms with Crippen LogP contribution in [0.15, 0.2) is 29.3 Å². The van der Waals surface area contributed by atoms with Crippen molar-refractivity contribution in [2.75, 3.05) is 13.2 Å². The summed E-state index contributed by atoms with van der Waals surface area (Å²) in [5.41, 5.74) is 3.91. The lowest BCUT2D eigenvalue weighted by molar-refractivity contribution is 0.134. The highest BCUT2D eigenvalue weighted by molar-refractivity contribution is 5.59. The Hall–Kier alpha value is -1.39. The Balaban J connectivity index is 2.28. The van der Waals surface area contributed by atoms with E-state index >= 15 is 0 Å². The largest absolute Gasteiger partial charge is 0.381 e. The topological polar surface area (TPSA) is 53.8 Å². The Morgan fingerprint density at radius 1 is 1.29 bits per heavy atom. The summed E-state index contributed by atoms with van der Waals surface area (Å²) in [6.07, 6.45) is 4.46. The molecule has 0 aliphatic rings. The molecule has 0 saturated carbocycles. The maximum atomic E-state index is 8.35. The molecule has 1 rings (SSSR count). The third-order valence-corrected chi connectivity index (χ3v) is 2.38. The van der Waals surface area contributed by atoms with E-state index in [4.69, 9.17) is 9.94 Å². The van der Waals surface area contributed by atoms with Crippen LogP contribution in [0.2, 0.25) is 0 Å². The first-order valence-electron chi connectivity index (χ1n) is 5.95. The molecule has 0 spiro atoms. The highest BCUT2D eigenvalue weighted by Crippen LogP contribution is 2.12. The third-order valence-electron chi connectivity index (χ3n) is 2.38. The normalized spacial score (nSPS) is 10.9. The van der Waals surface area contributed by atoms with Gasteiger partial charge in [0.15, 0.2) is 0 Å². The van der Waals surface area contributed by atoms with Crippen molar-refractivity contribution < 1.29 is 9.94 Å². The van der Waals surface area contributed by atoms with Gasteiger partial charge in [-0.1, -0.05) is 25.5 Å². The van der Waals surface area contributed by atoms with Crippen LogP contribution < -0.4 is 5.48 Å². The summed E-state index contributed by atoms with van der Waals surface area (Å²) < 4.78 is 5.50. The molecule has 0 aliphatic carbocycles. The van der Waals surface area contributed by atoms with Crippen LogP contribution >= 0.6 is 0 Å². The number of aliphatic imine (C=N–C) groups is 1. The summed E-state index contributed by atoms with van der Waals surface area (Å²) in [5.74, 6) is 0. The summed E-state index contributed by atoms with van der Waals surface area (Å²) in [5, 5.41) is 8.35. The SMILES string of the molecule is CCCCOCCc1ccc(N=CNO)cc1. The van der Waals surface area contributed by atoms with Crippen LogP contribution in [-0.2, 0) is 11.2 Å². The first kappa shape index (κ1) is 13.7. The number of unbranched alkanes of at least 4 members (excludes halogenated alkanes) is 1. The van der Waals surface area contributed by atoms with E-state index in [-0.39, 0.29) is 0 Å². The second-order valence-electron chi connectivity index (χ2n) is 3.77. The van der Waals surface area contributed by atoms with E-state index in [1.54, 1.807) is 0 Å². The molecule has 2 N–H and O–H groups in total. The van der Waals surface area contributed by atoms with Crippen molar-refractivity contribution >= 4 is 12.0 Å². The van der Waals surface area contributed by atoms with E-state index in [1.807, 2.05) is 29.7 Å². The third kappa shape index (κ3) is 6.04. The lowest BCUT2D eigenvalue weighted by Crippen LogP contribution is -2.01. The zero-order chi connectivity index (χ0) is 12.3. The molecule has 0 saturated heterocycles. The van der Waals surface area contributed by atoms with Crippen LogP contribution in [0.3, 0.4) is 0 Å². The van der Waals surface area contributed by atoms with Crippen LogP contribution in [0.25, 0.3) is 0 Å². The molecule has 0 aromatic heterocycles. The van der Waals surface area contributed by atoms with Crippen molar-refractivity contribution in [2.45, 2.75) is 26.2 Å². The Morgan fingerprint density at radius 2 is 2.06 bits per heavy atom. The van der Waals surface area contributed by atoms with Gasteiger partial charge in [0.05, 0.1) is 12.3 Å². The van der Waals surface area contributed by atoms with E-state index in [0.717, 1.165) is 31.7 Å². The number of ether oxygens (including phenoxy) is 1. The lowest BCUT2D eigenvalue weighted by atomic mass is 10.1. The first-order chi connectivity index (χ1) is 8.36. The number of hydrogen-bond donors (Lipinski definition) is 2. The minimum absolute atomic E-state index is 0.765. The summed E-state index contributed by atoms with van der Waals surface area (Å²) in [7, 11) is 0.